The highest BCUT2D eigenvalue weighted by atomic mass is 79.9. The van der Waals surface area contributed by atoms with Crippen LogP contribution in [0.5, 0.6) is 0 Å². The second-order valence-corrected chi connectivity index (χ2v) is 9.33. The molecule has 3 aromatic carbocycles. The van der Waals surface area contributed by atoms with Crippen molar-refractivity contribution in [3.63, 3.8) is 0 Å². The van der Waals surface area contributed by atoms with Gasteiger partial charge in [-0.2, -0.15) is 4.31 Å². The number of benzene rings is 3. The van der Waals surface area contributed by atoms with E-state index in [0.29, 0.717) is 11.1 Å². The van der Waals surface area contributed by atoms with Crippen LogP contribution in [0.3, 0.4) is 0 Å². The molecule has 0 aliphatic heterocycles. The lowest BCUT2D eigenvalue weighted by Gasteiger charge is -2.24. The maximum atomic E-state index is 13.4. The highest BCUT2D eigenvalue weighted by molar-refractivity contribution is 9.10. The van der Waals surface area contributed by atoms with E-state index >= 15 is 0 Å². The van der Waals surface area contributed by atoms with Crippen LogP contribution in [0.25, 0.3) is 5.57 Å². The Kier molecular flexibility index (Phi) is 6.39. The first-order chi connectivity index (χ1) is 14.3. The van der Waals surface area contributed by atoms with Crippen LogP contribution in [0, 0.1) is 6.92 Å². The molecule has 3 aromatic rings. The average Bonchev–Trinajstić information content (AvgIpc) is 2.74. The van der Waals surface area contributed by atoms with E-state index in [9.17, 15) is 13.2 Å². The Morgan fingerprint density at radius 2 is 1.57 bits per heavy atom. The molecule has 0 unspecified atom stereocenters. The normalized spacial score (nSPS) is 11.0. The van der Waals surface area contributed by atoms with E-state index in [-0.39, 0.29) is 10.6 Å². The van der Waals surface area contributed by atoms with E-state index in [1.807, 2.05) is 31.2 Å². The van der Waals surface area contributed by atoms with Crippen molar-refractivity contribution in [3.8, 4) is 0 Å². The molecule has 0 bridgehead atoms. The number of amides is 1. The molecule has 0 aliphatic carbocycles. The zero-order chi connectivity index (χ0) is 21.9. The number of anilines is 1. The Labute approximate surface area is 185 Å². The molecule has 3 rings (SSSR count). The summed E-state index contributed by atoms with van der Waals surface area (Å²) in [6.45, 7) is 9.49. The number of hydrogen-bond donors (Lipinski definition) is 0. The molecule has 0 saturated heterocycles. The lowest BCUT2D eigenvalue weighted by Crippen LogP contribution is -2.36. The summed E-state index contributed by atoms with van der Waals surface area (Å²) in [4.78, 5) is 12.8. The van der Waals surface area contributed by atoms with E-state index < -0.39 is 15.9 Å². The van der Waals surface area contributed by atoms with Crippen LogP contribution in [0.15, 0.2) is 101 Å². The third-order valence-corrected chi connectivity index (χ3v) is 6.83. The Balaban J connectivity index is 2.18. The molecule has 0 radical (unpaired) electrons. The summed E-state index contributed by atoms with van der Waals surface area (Å²) in [6, 6.07) is 20.6. The molecule has 0 atom stereocenters. The van der Waals surface area contributed by atoms with Crippen LogP contribution in [-0.2, 0) is 14.8 Å². The van der Waals surface area contributed by atoms with Gasteiger partial charge in [0.15, 0.2) is 0 Å². The third kappa shape index (κ3) is 4.30. The fraction of sp³-hybridized carbons (Fsp3) is 0.0417. The number of carbonyl (C=O) groups excluding carboxylic acids is 1. The zero-order valence-corrected chi connectivity index (χ0v) is 18.8. The molecular formula is C24H20BrNO3S. The SMILES string of the molecule is C=CC(=O)N(c1ccccc1C(=C)c1ccc(Br)cc1)S(=O)(=O)c1ccc(C)cc1. The van der Waals surface area contributed by atoms with Gasteiger partial charge in [-0.15, -0.1) is 0 Å². The summed E-state index contributed by atoms with van der Waals surface area (Å²) in [5.41, 5.74) is 3.07. The molecule has 0 aromatic heterocycles. The highest BCUT2D eigenvalue weighted by Gasteiger charge is 2.31. The Hall–Kier alpha value is -2.96. The highest BCUT2D eigenvalue weighted by Crippen LogP contribution is 2.34. The minimum Gasteiger partial charge on any atom is -0.268 e. The van der Waals surface area contributed by atoms with E-state index in [0.717, 1.165) is 26.0 Å². The molecule has 0 saturated carbocycles. The topological polar surface area (TPSA) is 54.5 Å². The molecule has 0 aliphatic rings. The van der Waals surface area contributed by atoms with Crippen molar-refractivity contribution < 1.29 is 13.2 Å². The first-order valence-corrected chi connectivity index (χ1v) is 11.3. The van der Waals surface area contributed by atoms with Crippen LogP contribution in [-0.4, -0.2) is 14.3 Å². The lowest BCUT2D eigenvalue weighted by molar-refractivity contribution is -0.113. The van der Waals surface area contributed by atoms with E-state index in [2.05, 4.69) is 29.1 Å². The van der Waals surface area contributed by atoms with Gasteiger partial charge in [-0.3, -0.25) is 4.79 Å². The number of para-hydroxylation sites is 1. The number of hydrogen-bond acceptors (Lipinski definition) is 3. The van der Waals surface area contributed by atoms with Gasteiger partial charge < -0.3 is 0 Å². The Bertz CT molecular complexity index is 1210. The van der Waals surface area contributed by atoms with Gasteiger partial charge in [-0.05, 0) is 54.5 Å². The van der Waals surface area contributed by atoms with Crippen molar-refractivity contribution in [1.82, 2.24) is 0 Å². The van der Waals surface area contributed by atoms with Gasteiger partial charge in [-0.25, -0.2) is 8.42 Å². The standard InChI is InChI=1S/C24H20BrNO3S/c1-4-24(27)26(30(28,29)21-15-9-17(2)10-16-21)23-8-6-5-7-22(23)18(3)19-11-13-20(25)14-12-19/h4-16H,1,3H2,2H3. The van der Waals surface area contributed by atoms with E-state index in [1.165, 1.54) is 12.1 Å². The lowest BCUT2D eigenvalue weighted by atomic mass is 9.98. The van der Waals surface area contributed by atoms with Crippen LogP contribution >= 0.6 is 15.9 Å². The molecule has 30 heavy (non-hydrogen) atoms. The van der Waals surface area contributed by atoms with Crippen molar-refractivity contribution in [3.05, 3.63) is 113 Å². The van der Waals surface area contributed by atoms with Gasteiger partial charge in [0.1, 0.15) is 0 Å². The smallest absolute Gasteiger partial charge is 0.268 e. The maximum absolute atomic E-state index is 13.4. The minimum absolute atomic E-state index is 0.0207. The monoisotopic (exact) mass is 481 g/mol. The van der Waals surface area contributed by atoms with Gasteiger partial charge in [0.05, 0.1) is 10.6 Å². The predicted octanol–water partition coefficient (Wildman–Crippen LogP) is 5.73. The summed E-state index contributed by atoms with van der Waals surface area (Å²) in [5.74, 6) is -0.744. The van der Waals surface area contributed by atoms with Gasteiger partial charge in [0, 0.05) is 10.0 Å². The second kappa shape index (κ2) is 8.81. The molecule has 152 valence electrons. The molecule has 0 heterocycles. The van der Waals surface area contributed by atoms with Crippen LogP contribution < -0.4 is 4.31 Å². The minimum atomic E-state index is -4.16. The number of carbonyl (C=O) groups is 1. The molecule has 1 amide bonds. The third-order valence-electron chi connectivity index (χ3n) is 4.57. The first-order valence-electron chi connectivity index (χ1n) is 9.08. The van der Waals surface area contributed by atoms with Gasteiger partial charge in [-0.1, -0.05) is 77.1 Å². The summed E-state index contributed by atoms with van der Waals surface area (Å²) >= 11 is 3.40. The van der Waals surface area contributed by atoms with Gasteiger partial charge in [0.25, 0.3) is 15.9 Å². The van der Waals surface area contributed by atoms with E-state index in [4.69, 9.17) is 0 Å². The van der Waals surface area contributed by atoms with Crippen molar-refractivity contribution in [2.75, 3.05) is 4.31 Å². The molecular weight excluding hydrogens is 462 g/mol. The van der Waals surface area contributed by atoms with Crippen molar-refractivity contribution in [2.24, 2.45) is 0 Å². The van der Waals surface area contributed by atoms with Gasteiger partial charge >= 0.3 is 0 Å². The molecule has 0 spiro atoms. The molecule has 4 nitrogen and oxygen atoms in total. The quantitative estimate of drug-likeness (QED) is 0.422. The van der Waals surface area contributed by atoms with Crippen LogP contribution in [0.2, 0.25) is 0 Å². The Morgan fingerprint density at radius 3 is 2.17 bits per heavy atom. The number of rotatable bonds is 6. The Morgan fingerprint density at radius 1 is 0.967 bits per heavy atom. The summed E-state index contributed by atoms with van der Waals surface area (Å²) < 4.78 is 28.5. The van der Waals surface area contributed by atoms with Crippen molar-refractivity contribution >= 4 is 43.1 Å². The molecule has 0 fully saturated rings. The van der Waals surface area contributed by atoms with Gasteiger partial charge in [0.2, 0.25) is 0 Å². The maximum Gasteiger partial charge on any atom is 0.271 e. The largest absolute Gasteiger partial charge is 0.271 e. The number of halogens is 1. The van der Waals surface area contributed by atoms with Crippen LogP contribution in [0.4, 0.5) is 5.69 Å². The number of nitrogens with zero attached hydrogens (tertiary/aromatic N) is 1. The van der Waals surface area contributed by atoms with E-state index in [1.54, 1.807) is 36.4 Å². The first kappa shape index (κ1) is 21.7. The summed E-state index contributed by atoms with van der Waals surface area (Å²) in [7, 11) is -4.16. The van der Waals surface area contributed by atoms with Crippen LogP contribution in [0.1, 0.15) is 16.7 Å². The second-order valence-electron chi connectivity index (χ2n) is 6.63. The average molecular weight is 482 g/mol. The van der Waals surface area contributed by atoms with Crippen molar-refractivity contribution in [1.29, 1.82) is 0 Å². The summed E-state index contributed by atoms with van der Waals surface area (Å²) in [6.07, 6.45) is 0.991. The van der Waals surface area contributed by atoms with Crippen molar-refractivity contribution in [2.45, 2.75) is 11.8 Å². The molecule has 0 N–H and O–H groups in total. The predicted molar refractivity (Wildman–Crippen MR) is 125 cm³/mol. The number of sulfonamides is 1. The number of aryl methyl sites for hydroxylation is 1. The fourth-order valence-electron chi connectivity index (χ4n) is 2.98. The summed E-state index contributed by atoms with van der Waals surface area (Å²) in [5, 5.41) is 0. The fourth-order valence-corrected chi connectivity index (χ4v) is 4.66. The molecule has 6 heteroatoms. The zero-order valence-electron chi connectivity index (χ0n) is 16.4.